The summed E-state index contributed by atoms with van der Waals surface area (Å²) in [5.74, 6) is 1.44. The summed E-state index contributed by atoms with van der Waals surface area (Å²) in [5, 5.41) is 2.30. The highest BCUT2D eigenvalue weighted by Gasteiger charge is 2.31. The van der Waals surface area contributed by atoms with Gasteiger partial charge < -0.3 is 19.4 Å². The molecule has 0 radical (unpaired) electrons. The lowest BCUT2D eigenvalue weighted by Gasteiger charge is -2.35. The second kappa shape index (κ2) is 11.6. The minimum Gasteiger partial charge on any atom is -0.493 e. The molecular formula is C31H33F3N4O3. The third-order valence-electron chi connectivity index (χ3n) is 8.49. The topological polar surface area (TPSA) is 80.3 Å². The molecule has 0 spiro atoms. The smallest absolute Gasteiger partial charge is 0.493 e. The van der Waals surface area contributed by atoms with E-state index in [1.54, 1.807) is 0 Å². The average molecular weight is 567 g/mol. The molecule has 1 aromatic carbocycles. The number of ether oxygens (including phenoxy) is 2. The monoisotopic (exact) mass is 566 g/mol. The number of halogens is 3. The average Bonchev–Trinajstić information content (AvgIpc) is 3.46. The predicted molar refractivity (Wildman–Crippen MR) is 149 cm³/mol. The SMILES string of the molecule is O=C(CC1CCC(c2cc[nH]c3cnc4nccc4c23)CC1)N1CCCC(COc2ccc(OC(F)(F)F)cc2)C1. The van der Waals surface area contributed by atoms with Crippen LogP contribution in [0.15, 0.2) is 55.0 Å². The Hall–Kier alpha value is -3.82. The van der Waals surface area contributed by atoms with Crippen LogP contribution in [0.5, 0.6) is 11.5 Å². The summed E-state index contributed by atoms with van der Waals surface area (Å²) in [6.45, 7) is 1.82. The van der Waals surface area contributed by atoms with Gasteiger partial charge in [0.05, 0.1) is 18.3 Å². The number of H-pyrrole nitrogens is 1. The fourth-order valence-corrected chi connectivity index (χ4v) is 6.46. The van der Waals surface area contributed by atoms with Crippen LogP contribution < -0.4 is 9.47 Å². The van der Waals surface area contributed by atoms with Crippen LogP contribution in [0.1, 0.15) is 56.4 Å². The molecule has 2 fully saturated rings. The highest BCUT2D eigenvalue weighted by Crippen LogP contribution is 2.41. The number of aromatic nitrogens is 3. The molecule has 7 nitrogen and oxygen atoms in total. The lowest BCUT2D eigenvalue weighted by Crippen LogP contribution is -2.42. The summed E-state index contributed by atoms with van der Waals surface area (Å²) in [7, 11) is 0. The van der Waals surface area contributed by atoms with Crippen molar-refractivity contribution in [3.8, 4) is 11.5 Å². The first-order valence-corrected chi connectivity index (χ1v) is 14.3. The highest BCUT2D eigenvalue weighted by atomic mass is 19.4. The Morgan fingerprint density at radius 1 is 0.976 bits per heavy atom. The van der Waals surface area contributed by atoms with Crippen LogP contribution in [0, 0.1) is 11.8 Å². The number of carbonyl (C=O) groups is 1. The Kier molecular flexibility index (Phi) is 7.73. The number of nitrogens with one attached hydrogen (secondary N) is 1. The van der Waals surface area contributed by atoms with Gasteiger partial charge in [-0.3, -0.25) is 4.79 Å². The molecule has 10 heteroatoms. The van der Waals surface area contributed by atoms with Crippen LogP contribution in [0.4, 0.5) is 13.2 Å². The van der Waals surface area contributed by atoms with Crippen LogP contribution >= 0.6 is 0 Å². The molecule has 6 rings (SSSR count). The largest absolute Gasteiger partial charge is 0.573 e. The van der Waals surface area contributed by atoms with Crippen molar-refractivity contribution < 1.29 is 27.4 Å². The van der Waals surface area contributed by atoms with E-state index < -0.39 is 6.36 Å². The third-order valence-corrected chi connectivity index (χ3v) is 8.49. The zero-order chi connectivity index (χ0) is 28.4. The molecule has 1 unspecified atom stereocenters. The Labute approximate surface area is 236 Å². The molecule has 1 saturated heterocycles. The molecule has 0 bridgehead atoms. The van der Waals surface area contributed by atoms with E-state index >= 15 is 0 Å². The van der Waals surface area contributed by atoms with Crippen molar-refractivity contribution in [2.24, 2.45) is 11.8 Å². The second-order valence-electron chi connectivity index (χ2n) is 11.3. The van der Waals surface area contributed by atoms with E-state index in [1.165, 1.54) is 35.2 Å². The Morgan fingerprint density at radius 3 is 2.54 bits per heavy atom. The van der Waals surface area contributed by atoms with Crippen molar-refractivity contribution in [1.82, 2.24) is 19.9 Å². The van der Waals surface area contributed by atoms with Gasteiger partial charge in [-0.1, -0.05) is 0 Å². The molecular weight excluding hydrogens is 533 g/mol. The summed E-state index contributed by atoms with van der Waals surface area (Å²) >= 11 is 0. The van der Waals surface area contributed by atoms with Crippen LogP contribution in [-0.4, -0.2) is 51.8 Å². The maximum atomic E-state index is 13.2. The van der Waals surface area contributed by atoms with Gasteiger partial charge in [0.15, 0.2) is 5.65 Å². The van der Waals surface area contributed by atoms with Crippen LogP contribution in [0.3, 0.4) is 0 Å². The fraction of sp³-hybridized carbons (Fsp3) is 0.452. The molecule has 1 aliphatic heterocycles. The maximum absolute atomic E-state index is 13.2. The number of fused-ring (bicyclic) bond motifs is 3. The number of likely N-dealkylation sites (tertiary alicyclic amines) is 1. The molecule has 1 N–H and O–H groups in total. The van der Waals surface area contributed by atoms with E-state index in [0.717, 1.165) is 61.6 Å². The van der Waals surface area contributed by atoms with Gasteiger partial charge in [0.2, 0.25) is 5.91 Å². The van der Waals surface area contributed by atoms with E-state index in [2.05, 4.69) is 25.8 Å². The first-order chi connectivity index (χ1) is 19.8. The van der Waals surface area contributed by atoms with Crippen molar-refractivity contribution in [1.29, 1.82) is 0 Å². The molecule has 1 saturated carbocycles. The third kappa shape index (κ3) is 6.41. The Bertz CT molecular complexity index is 1500. The number of piperidine rings is 1. The maximum Gasteiger partial charge on any atom is 0.573 e. The van der Waals surface area contributed by atoms with E-state index in [0.29, 0.717) is 37.2 Å². The molecule has 41 heavy (non-hydrogen) atoms. The standard InChI is InChI=1S/C31H33F3N4O3/c32-31(33,34)41-24-9-7-23(8-10-24)40-19-21-2-1-15-38(18-21)28(39)16-20-3-5-22(6-4-20)25-11-13-35-27-17-37-30-26(29(25)27)12-14-36-30/h7-14,17,20-22,35H,1-6,15-16,18-19H2. The van der Waals surface area contributed by atoms with Crippen molar-refractivity contribution in [2.75, 3.05) is 19.7 Å². The van der Waals surface area contributed by atoms with Crippen LogP contribution in [0.25, 0.3) is 21.9 Å². The molecule has 4 heterocycles. The Morgan fingerprint density at radius 2 is 1.76 bits per heavy atom. The van der Waals surface area contributed by atoms with Gasteiger partial charge in [-0.15, -0.1) is 13.2 Å². The summed E-state index contributed by atoms with van der Waals surface area (Å²) in [6, 6.07) is 9.64. The summed E-state index contributed by atoms with van der Waals surface area (Å²) in [5.41, 5.74) is 3.14. The minimum absolute atomic E-state index is 0.190. The number of carbonyl (C=O) groups excluding carboxylic acids is 1. The Balaban J connectivity index is 0.996. The lowest BCUT2D eigenvalue weighted by molar-refractivity contribution is -0.274. The lowest BCUT2D eigenvalue weighted by atomic mass is 9.76. The zero-order valence-corrected chi connectivity index (χ0v) is 22.7. The number of nitrogens with zero attached hydrogens (tertiary/aromatic N) is 3. The van der Waals surface area contributed by atoms with E-state index in [1.807, 2.05) is 29.6 Å². The van der Waals surface area contributed by atoms with Crippen LogP contribution in [-0.2, 0) is 4.79 Å². The van der Waals surface area contributed by atoms with E-state index in [9.17, 15) is 18.0 Å². The quantitative estimate of drug-likeness (QED) is 0.261. The molecule has 3 aromatic heterocycles. The predicted octanol–water partition coefficient (Wildman–Crippen LogP) is 6.99. The molecule has 1 atom stereocenters. The first-order valence-electron chi connectivity index (χ1n) is 14.3. The van der Waals surface area contributed by atoms with E-state index in [-0.39, 0.29) is 17.6 Å². The van der Waals surface area contributed by atoms with Gasteiger partial charge in [-0.25, -0.2) is 9.97 Å². The fourth-order valence-electron chi connectivity index (χ4n) is 6.46. The zero-order valence-electron chi connectivity index (χ0n) is 22.7. The van der Waals surface area contributed by atoms with Crippen molar-refractivity contribution in [3.63, 3.8) is 0 Å². The number of amides is 1. The molecule has 1 aliphatic carbocycles. The number of benzene rings is 1. The van der Waals surface area contributed by atoms with Gasteiger partial charge in [0.1, 0.15) is 11.5 Å². The van der Waals surface area contributed by atoms with Crippen molar-refractivity contribution in [2.45, 2.75) is 57.2 Å². The number of aromatic amines is 1. The number of alkyl halides is 3. The van der Waals surface area contributed by atoms with E-state index in [4.69, 9.17) is 4.74 Å². The number of hydrogen-bond donors (Lipinski definition) is 1. The molecule has 216 valence electrons. The normalized spacial score (nSPS) is 21.7. The molecule has 1 amide bonds. The van der Waals surface area contributed by atoms with Gasteiger partial charge in [-0.05, 0) is 92.3 Å². The number of pyridine rings is 2. The minimum atomic E-state index is -4.72. The summed E-state index contributed by atoms with van der Waals surface area (Å²) in [6.07, 6.45) is 7.55. The second-order valence-corrected chi connectivity index (χ2v) is 11.3. The van der Waals surface area contributed by atoms with Gasteiger partial charge in [0, 0.05) is 48.6 Å². The van der Waals surface area contributed by atoms with Gasteiger partial charge >= 0.3 is 6.36 Å². The highest BCUT2D eigenvalue weighted by molar-refractivity contribution is 6.05. The number of rotatable bonds is 7. The van der Waals surface area contributed by atoms with Crippen LogP contribution in [0.2, 0.25) is 0 Å². The molecule has 4 aromatic rings. The number of hydrogen-bond acceptors (Lipinski definition) is 5. The van der Waals surface area contributed by atoms with Gasteiger partial charge in [0.25, 0.3) is 0 Å². The summed E-state index contributed by atoms with van der Waals surface area (Å²) < 4.78 is 46.8. The van der Waals surface area contributed by atoms with Crippen molar-refractivity contribution >= 4 is 27.8 Å². The molecule has 2 aliphatic rings. The van der Waals surface area contributed by atoms with Gasteiger partial charge in [-0.2, -0.15) is 0 Å². The first kappa shape index (κ1) is 27.4. The van der Waals surface area contributed by atoms with Crippen molar-refractivity contribution in [3.05, 3.63) is 60.6 Å². The summed E-state index contributed by atoms with van der Waals surface area (Å²) in [4.78, 5) is 27.4.